The Bertz CT molecular complexity index is 741. The van der Waals surface area contributed by atoms with Crippen LogP contribution in [0.1, 0.15) is 60.9 Å². The van der Waals surface area contributed by atoms with Crippen LogP contribution in [0.25, 0.3) is 0 Å². The first-order valence-corrected chi connectivity index (χ1v) is 10.1. The first kappa shape index (κ1) is 20.0. The Morgan fingerprint density at radius 3 is 2.96 bits per heavy atom. The summed E-state index contributed by atoms with van der Waals surface area (Å²) in [7, 11) is 1.69. The summed E-state index contributed by atoms with van der Waals surface area (Å²) < 4.78 is 7.25. The van der Waals surface area contributed by atoms with E-state index in [1.165, 1.54) is 0 Å². The van der Waals surface area contributed by atoms with Gasteiger partial charge in [-0.15, -0.1) is 6.58 Å². The van der Waals surface area contributed by atoms with Crippen LogP contribution < -0.4 is 5.32 Å². The minimum Gasteiger partial charge on any atom is -0.383 e. The van der Waals surface area contributed by atoms with Gasteiger partial charge in [0, 0.05) is 26.6 Å². The number of carbonyl (C=O) groups is 1. The van der Waals surface area contributed by atoms with Crippen molar-refractivity contribution in [3.05, 3.63) is 29.6 Å². The minimum absolute atomic E-state index is 0.0393. The van der Waals surface area contributed by atoms with Gasteiger partial charge in [-0.1, -0.05) is 19.9 Å². The predicted molar refractivity (Wildman–Crippen MR) is 110 cm³/mol. The van der Waals surface area contributed by atoms with Gasteiger partial charge in [0.25, 0.3) is 0 Å². The number of carbonyl (C=O) groups excluding carboxylic acids is 1. The molecule has 27 heavy (non-hydrogen) atoms. The number of likely N-dealkylation sites (tertiary alicyclic amines) is 1. The van der Waals surface area contributed by atoms with E-state index in [0.717, 1.165) is 42.8 Å². The second kappa shape index (κ2) is 8.10. The Balaban J connectivity index is 1.97. The smallest absolute Gasteiger partial charge is 0.169 e. The summed E-state index contributed by atoms with van der Waals surface area (Å²) in [5.74, 6) is 0.205. The zero-order chi connectivity index (χ0) is 19.6. The summed E-state index contributed by atoms with van der Waals surface area (Å²) in [4.78, 5) is 15.2. The number of rotatable bonds is 6. The number of aromatic nitrogens is 2. The van der Waals surface area contributed by atoms with Crippen molar-refractivity contribution in [3.63, 3.8) is 0 Å². The standard InChI is InChI=1S/C20H30N4O2S/c1-5-8-21-19(27)23-9-6-7-14(23)18-17-15(24(22-18)10-11-26-4)12-20(2,3)13-16(17)25/h5,14H,1,6-13H2,2-4H3,(H,21,27)/t14-/m1/s1. The molecular weight excluding hydrogens is 360 g/mol. The molecule has 6 nitrogen and oxygen atoms in total. The fourth-order valence-electron chi connectivity index (χ4n) is 4.19. The predicted octanol–water partition coefficient (Wildman–Crippen LogP) is 2.88. The summed E-state index contributed by atoms with van der Waals surface area (Å²) in [5, 5.41) is 8.84. The maximum atomic E-state index is 13.0. The average Bonchev–Trinajstić information content (AvgIpc) is 3.21. The van der Waals surface area contributed by atoms with E-state index in [-0.39, 0.29) is 17.2 Å². The van der Waals surface area contributed by atoms with Crippen LogP contribution in [-0.2, 0) is 17.7 Å². The van der Waals surface area contributed by atoms with Gasteiger partial charge >= 0.3 is 0 Å². The highest BCUT2D eigenvalue weighted by molar-refractivity contribution is 7.80. The van der Waals surface area contributed by atoms with Crippen molar-refractivity contribution < 1.29 is 9.53 Å². The Morgan fingerprint density at radius 1 is 1.48 bits per heavy atom. The lowest BCUT2D eigenvalue weighted by molar-refractivity contribution is 0.0906. The SMILES string of the molecule is C=CCNC(=S)N1CCC[C@@H]1c1nn(CCOC)c2c1C(=O)CC(C)(C)C2. The van der Waals surface area contributed by atoms with Gasteiger partial charge in [-0.2, -0.15) is 5.10 Å². The van der Waals surface area contributed by atoms with Crippen LogP contribution in [0.15, 0.2) is 12.7 Å². The maximum absolute atomic E-state index is 13.0. The number of nitrogens with one attached hydrogen (secondary N) is 1. The Hall–Kier alpha value is -1.73. The quantitative estimate of drug-likeness (QED) is 0.595. The monoisotopic (exact) mass is 390 g/mol. The van der Waals surface area contributed by atoms with Crippen LogP contribution in [0, 0.1) is 5.41 Å². The third kappa shape index (κ3) is 4.09. The molecule has 148 valence electrons. The number of thiocarbonyl (C=S) groups is 1. The number of ether oxygens (including phenoxy) is 1. The fourth-order valence-corrected chi connectivity index (χ4v) is 4.49. The normalized spacial score (nSPS) is 21.2. The van der Waals surface area contributed by atoms with Gasteiger partial charge in [-0.3, -0.25) is 9.48 Å². The molecule has 0 bridgehead atoms. The van der Waals surface area contributed by atoms with Crippen LogP contribution >= 0.6 is 12.2 Å². The molecule has 0 saturated carbocycles. The van der Waals surface area contributed by atoms with Crippen molar-refractivity contribution in [1.29, 1.82) is 0 Å². The molecule has 1 aliphatic carbocycles. The molecule has 0 aromatic carbocycles. The Labute approximate surface area is 166 Å². The average molecular weight is 391 g/mol. The van der Waals surface area contributed by atoms with Gasteiger partial charge in [0.2, 0.25) is 0 Å². The van der Waals surface area contributed by atoms with E-state index in [1.807, 2.05) is 4.68 Å². The second-order valence-corrected chi connectivity index (χ2v) is 8.58. The van der Waals surface area contributed by atoms with E-state index in [0.29, 0.717) is 31.2 Å². The van der Waals surface area contributed by atoms with Crippen molar-refractivity contribution in [2.24, 2.45) is 5.41 Å². The maximum Gasteiger partial charge on any atom is 0.169 e. The Kier molecular flexibility index (Phi) is 6.01. The lowest BCUT2D eigenvalue weighted by Crippen LogP contribution is -2.40. The summed E-state index contributed by atoms with van der Waals surface area (Å²) in [6.07, 6.45) is 5.22. The summed E-state index contributed by atoms with van der Waals surface area (Å²) in [6, 6.07) is 0.0533. The van der Waals surface area contributed by atoms with Gasteiger partial charge in [-0.05, 0) is 36.9 Å². The molecule has 1 N–H and O–H groups in total. The fraction of sp³-hybridized carbons (Fsp3) is 0.650. The van der Waals surface area contributed by atoms with Crippen LogP contribution in [-0.4, -0.2) is 52.4 Å². The molecular formula is C20H30N4O2S. The summed E-state index contributed by atoms with van der Waals surface area (Å²) >= 11 is 5.58. The van der Waals surface area contributed by atoms with E-state index in [4.69, 9.17) is 22.1 Å². The van der Waals surface area contributed by atoms with E-state index >= 15 is 0 Å². The third-order valence-electron chi connectivity index (χ3n) is 5.38. The molecule has 2 heterocycles. The summed E-state index contributed by atoms with van der Waals surface area (Å²) in [5.41, 5.74) is 2.73. The number of ketones is 1. The molecule has 0 spiro atoms. The molecule has 1 atom stereocenters. The first-order chi connectivity index (χ1) is 12.9. The molecule has 1 saturated heterocycles. The van der Waals surface area contributed by atoms with Crippen molar-refractivity contribution in [2.75, 3.05) is 26.8 Å². The summed E-state index contributed by atoms with van der Waals surface area (Å²) in [6.45, 7) is 10.8. The molecule has 1 aromatic heterocycles. The van der Waals surface area contributed by atoms with Gasteiger partial charge in [0.05, 0.1) is 36.1 Å². The molecule has 7 heteroatoms. The van der Waals surface area contributed by atoms with E-state index in [2.05, 4.69) is 30.6 Å². The van der Waals surface area contributed by atoms with Crippen LogP contribution in [0.2, 0.25) is 0 Å². The third-order valence-corrected chi connectivity index (χ3v) is 5.76. The molecule has 1 fully saturated rings. The largest absolute Gasteiger partial charge is 0.383 e. The van der Waals surface area contributed by atoms with Crippen LogP contribution in [0.5, 0.6) is 0 Å². The minimum atomic E-state index is -0.0393. The molecule has 1 aliphatic heterocycles. The van der Waals surface area contributed by atoms with Gasteiger partial charge < -0.3 is 15.0 Å². The second-order valence-electron chi connectivity index (χ2n) is 8.19. The zero-order valence-corrected chi connectivity index (χ0v) is 17.4. The topological polar surface area (TPSA) is 59.4 Å². The van der Waals surface area contributed by atoms with Crippen LogP contribution in [0.3, 0.4) is 0 Å². The van der Waals surface area contributed by atoms with Crippen molar-refractivity contribution in [1.82, 2.24) is 20.0 Å². The van der Waals surface area contributed by atoms with Gasteiger partial charge in [0.1, 0.15) is 0 Å². The number of Topliss-reactive ketones (excluding diaryl/α,β-unsaturated/α-hetero) is 1. The Morgan fingerprint density at radius 2 is 2.26 bits per heavy atom. The number of hydrogen-bond acceptors (Lipinski definition) is 4. The molecule has 2 aliphatic rings. The number of nitrogens with zero attached hydrogens (tertiary/aromatic N) is 3. The highest BCUT2D eigenvalue weighted by atomic mass is 32.1. The lowest BCUT2D eigenvalue weighted by Gasteiger charge is -2.30. The number of methoxy groups -OCH3 is 1. The molecule has 3 rings (SSSR count). The molecule has 0 amide bonds. The zero-order valence-electron chi connectivity index (χ0n) is 16.6. The number of fused-ring (bicyclic) bond motifs is 1. The number of hydrogen-bond donors (Lipinski definition) is 1. The molecule has 1 aromatic rings. The van der Waals surface area contributed by atoms with E-state index in [1.54, 1.807) is 13.2 Å². The van der Waals surface area contributed by atoms with Crippen molar-refractivity contribution in [2.45, 2.75) is 52.1 Å². The highest BCUT2D eigenvalue weighted by Gasteiger charge is 2.40. The van der Waals surface area contributed by atoms with Crippen LogP contribution in [0.4, 0.5) is 0 Å². The van der Waals surface area contributed by atoms with Crippen molar-refractivity contribution >= 4 is 23.1 Å². The molecule has 0 unspecified atom stereocenters. The highest BCUT2D eigenvalue weighted by Crippen LogP contribution is 2.41. The molecule has 0 radical (unpaired) electrons. The van der Waals surface area contributed by atoms with E-state index in [9.17, 15) is 4.79 Å². The van der Waals surface area contributed by atoms with Gasteiger partial charge in [0.15, 0.2) is 10.9 Å². The van der Waals surface area contributed by atoms with E-state index < -0.39 is 0 Å². The van der Waals surface area contributed by atoms with Gasteiger partial charge in [-0.25, -0.2) is 0 Å². The lowest BCUT2D eigenvalue weighted by atomic mass is 9.75. The van der Waals surface area contributed by atoms with Crippen molar-refractivity contribution in [3.8, 4) is 0 Å². The first-order valence-electron chi connectivity index (χ1n) is 9.65.